The highest BCUT2D eigenvalue weighted by Gasteiger charge is 2.23. The van der Waals surface area contributed by atoms with Crippen molar-refractivity contribution in [1.82, 2.24) is 10.2 Å². The molecule has 1 saturated heterocycles. The molecule has 30 heavy (non-hydrogen) atoms. The molecule has 5 nitrogen and oxygen atoms in total. The molecule has 1 aromatic carbocycles. The van der Waals surface area contributed by atoms with Crippen molar-refractivity contribution in [2.24, 2.45) is 0 Å². The summed E-state index contributed by atoms with van der Waals surface area (Å²) >= 11 is 7.12. The summed E-state index contributed by atoms with van der Waals surface area (Å²) in [6.07, 6.45) is 2.90. The lowest BCUT2D eigenvalue weighted by atomic mass is 10.0. The summed E-state index contributed by atoms with van der Waals surface area (Å²) < 4.78 is 5.26. The molecule has 2 aromatic rings. The normalized spacial score (nSPS) is 15.2. The van der Waals surface area contributed by atoms with Gasteiger partial charge in [0.1, 0.15) is 5.00 Å². The van der Waals surface area contributed by atoms with Crippen molar-refractivity contribution in [2.45, 2.75) is 52.1 Å². The van der Waals surface area contributed by atoms with E-state index in [0.717, 1.165) is 42.2 Å². The summed E-state index contributed by atoms with van der Waals surface area (Å²) in [7, 11) is 0. The van der Waals surface area contributed by atoms with Gasteiger partial charge in [-0.05, 0) is 57.5 Å². The maximum Gasteiger partial charge on any atom is 0.341 e. The lowest BCUT2D eigenvalue weighted by Crippen LogP contribution is -2.47. The zero-order chi connectivity index (χ0) is 21.5. The van der Waals surface area contributed by atoms with Crippen LogP contribution in [0.2, 0.25) is 0 Å². The minimum absolute atomic E-state index is 0.316. The van der Waals surface area contributed by atoms with Gasteiger partial charge in [0.15, 0.2) is 5.11 Å². The zero-order valence-corrected chi connectivity index (χ0v) is 19.6. The molecule has 1 aliphatic heterocycles. The SMILES string of the molecule is CCOC(=O)c1cc(Cc2ccccc2)sc1NC(=S)NC1CCN(C(C)C)CC1. The topological polar surface area (TPSA) is 53.6 Å². The monoisotopic (exact) mass is 445 g/mol. The number of rotatable bonds is 7. The number of esters is 1. The fourth-order valence-corrected chi connectivity index (χ4v) is 5.08. The summed E-state index contributed by atoms with van der Waals surface area (Å²) in [6.45, 7) is 8.79. The van der Waals surface area contributed by atoms with E-state index in [9.17, 15) is 4.79 Å². The van der Waals surface area contributed by atoms with Crippen molar-refractivity contribution in [3.05, 3.63) is 52.4 Å². The molecule has 2 N–H and O–H groups in total. The molecular formula is C23H31N3O2S2. The van der Waals surface area contributed by atoms with Crippen LogP contribution in [0.1, 0.15) is 54.4 Å². The number of hydrogen-bond donors (Lipinski definition) is 2. The first-order valence-corrected chi connectivity index (χ1v) is 11.8. The van der Waals surface area contributed by atoms with E-state index in [0.29, 0.717) is 29.4 Å². The highest BCUT2D eigenvalue weighted by molar-refractivity contribution is 7.80. The van der Waals surface area contributed by atoms with Gasteiger partial charge in [0.2, 0.25) is 0 Å². The Morgan fingerprint density at radius 1 is 1.27 bits per heavy atom. The Morgan fingerprint density at radius 3 is 2.60 bits per heavy atom. The second kappa shape index (κ2) is 10.9. The minimum Gasteiger partial charge on any atom is -0.462 e. The number of piperidine rings is 1. The number of benzene rings is 1. The van der Waals surface area contributed by atoms with E-state index in [2.05, 4.69) is 41.5 Å². The molecule has 2 heterocycles. The summed E-state index contributed by atoms with van der Waals surface area (Å²) in [5, 5.41) is 8.01. The second-order valence-corrected chi connectivity index (χ2v) is 9.39. The van der Waals surface area contributed by atoms with Crippen LogP contribution in [0.15, 0.2) is 36.4 Å². The van der Waals surface area contributed by atoms with Crippen LogP contribution in [-0.4, -0.2) is 47.8 Å². The number of anilines is 1. The molecule has 0 aliphatic carbocycles. The van der Waals surface area contributed by atoms with Gasteiger partial charge in [0.25, 0.3) is 0 Å². The van der Waals surface area contributed by atoms with Gasteiger partial charge in [-0.1, -0.05) is 30.3 Å². The predicted octanol–water partition coefficient (Wildman–Crippen LogP) is 4.67. The van der Waals surface area contributed by atoms with Crippen LogP contribution in [0.3, 0.4) is 0 Å². The smallest absolute Gasteiger partial charge is 0.341 e. The maximum absolute atomic E-state index is 12.5. The van der Waals surface area contributed by atoms with Gasteiger partial charge in [0.05, 0.1) is 12.2 Å². The molecule has 7 heteroatoms. The molecule has 0 saturated carbocycles. The van der Waals surface area contributed by atoms with Gasteiger partial charge in [-0.3, -0.25) is 0 Å². The summed E-state index contributed by atoms with van der Waals surface area (Å²) in [5.74, 6) is -0.316. The van der Waals surface area contributed by atoms with Gasteiger partial charge < -0.3 is 20.3 Å². The molecule has 0 atom stereocenters. The molecule has 1 aliphatic rings. The number of carbonyl (C=O) groups is 1. The Kier molecular flexibility index (Phi) is 8.24. The first-order chi connectivity index (χ1) is 14.5. The predicted molar refractivity (Wildman–Crippen MR) is 129 cm³/mol. The van der Waals surface area contributed by atoms with Crippen LogP contribution in [0.25, 0.3) is 0 Å². The van der Waals surface area contributed by atoms with E-state index >= 15 is 0 Å². The Hall–Kier alpha value is -1.96. The highest BCUT2D eigenvalue weighted by atomic mass is 32.1. The molecule has 162 valence electrons. The first-order valence-electron chi connectivity index (χ1n) is 10.6. The van der Waals surface area contributed by atoms with Crippen molar-refractivity contribution in [3.63, 3.8) is 0 Å². The number of thiocarbonyl (C=S) groups is 1. The summed E-state index contributed by atoms with van der Waals surface area (Å²) in [4.78, 5) is 16.1. The maximum atomic E-state index is 12.5. The average Bonchev–Trinajstić information content (AvgIpc) is 3.11. The quantitative estimate of drug-likeness (QED) is 0.477. The molecule has 0 spiro atoms. The third kappa shape index (κ3) is 6.27. The van der Waals surface area contributed by atoms with Crippen LogP contribution < -0.4 is 10.6 Å². The van der Waals surface area contributed by atoms with Gasteiger partial charge in [0, 0.05) is 36.5 Å². The molecule has 0 radical (unpaired) electrons. The van der Waals surface area contributed by atoms with Crippen LogP contribution in [-0.2, 0) is 11.2 Å². The standard InChI is InChI=1S/C23H31N3O2S2/c1-4-28-22(27)20-15-19(14-17-8-6-5-7-9-17)30-21(20)25-23(29)24-18-10-12-26(13-11-18)16(2)3/h5-9,15-16,18H,4,10-14H2,1-3H3,(H2,24,25,29). The van der Waals surface area contributed by atoms with Gasteiger partial charge >= 0.3 is 5.97 Å². The Labute approximate surface area is 188 Å². The van der Waals surface area contributed by atoms with E-state index < -0.39 is 0 Å². The Bertz CT molecular complexity index is 843. The number of hydrogen-bond acceptors (Lipinski definition) is 5. The molecule has 0 amide bonds. The number of nitrogens with one attached hydrogen (secondary N) is 2. The number of nitrogens with zero attached hydrogens (tertiary/aromatic N) is 1. The fourth-order valence-electron chi connectivity index (χ4n) is 3.66. The average molecular weight is 446 g/mol. The number of thiophene rings is 1. The third-order valence-corrected chi connectivity index (χ3v) is 6.59. The van der Waals surface area contributed by atoms with E-state index in [-0.39, 0.29) is 5.97 Å². The van der Waals surface area contributed by atoms with Crippen molar-refractivity contribution in [3.8, 4) is 0 Å². The molecule has 1 fully saturated rings. The molecule has 0 bridgehead atoms. The first kappa shape index (κ1) is 22.7. The molecule has 0 unspecified atom stereocenters. The number of likely N-dealkylation sites (tertiary alicyclic amines) is 1. The Balaban J connectivity index is 1.65. The van der Waals surface area contributed by atoms with Crippen LogP contribution >= 0.6 is 23.6 Å². The van der Waals surface area contributed by atoms with E-state index in [4.69, 9.17) is 17.0 Å². The van der Waals surface area contributed by atoms with Crippen molar-refractivity contribution >= 4 is 39.6 Å². The van der Waals surface area contributed by atoms with Crippen molar-refractivity contribution in [1.29, 1.82) is 0 Å². The summed E-state index contributed by atoms with van der Waals surface area (Å²) in [6, 6.07) is 13.1. The molecular weight excluding hydrogens is 414 g/mol. The van der Waals surface area contributed by atoms with Crippen LogP contribution in [0.4, 0.5) is 5.00 Å². The second-order valence-electron chi connectivity index (χ2n) is 7.84. The van der Waals surface area contributed by atoms with Crippen molar-refractivity contribution < 1.29 is 9.53 Å². The highest BCUT2D eigenvalue weighted by Crippen LogP contribution is 2.30. The fraction of sp³-hybridized carbons (Fsp3) is 0.478. The number of ether oxygens (including phenoxy) is 1. The van der Waals surface area contributed by atoms with Gasteiger partial charge in [-0.15, -0.1) is 11.3 Å². The summed E-state index contributed by atoms with van der Waals surface area (Å²) in [5.41, 5.74) is 1.75. The third-order valence-electron chi connectivity index (χ3n) is 5.32. The largest absolute Gasteiger partial charge is 0.462 e. The minimum atomic E-state index is -0.316. The van der Waals surface area contributed by atoms with E-state index in [1.54, 1.807) is 11.3 Å². The number of carbonyl (C=O) groups excluding carboxylic acids is 1. The molecule has 1 aromatic heterocycles. The van der Waals surface area contributed by atoms with Crippen LogP contribution in [0.5, 0.6) is 0 Å². The zero-order valence-electron chi connectivity index (χ0n) is 17.9. The molecule has 3 rings (SSSR count). The van der Waals surface area contributed by atoms with Crippen molar-refractivity contribution in [2.75, 3.05) is 25.0 Å². The Morgan fingerprint density at radius 2 is 1.97 bits per heavy atom. The lowest BCUT2D eigenvalue weighted by Gasteiger charge is -2.35. The van der Waals surface area contributed by atoms with E-state index in [1.165, 1.54) is 5.56 Å². The lowest BCUT2D eigenvalue weighted by molar-refractivity contribution is 0.0528. The van der Waals surface area contributed by atoms with Gasteiger partial charge in [-0.25, -0.2) is 4.79 Å². The van der Waals surface area contributed by atoms with Crippen LogP contribution in [0, 0.1) is 0 Å². The van der Waals surface area contributed by atoms with E-state index in [1.807, 2.05) is 31.2 Å². The van der Waals surface area contributed by atoms with Gasteiger partial charge in [-0.2, -0.15) is 0 Å².